The van der Waals surface area contributed by atoms with Crippen molar-refractivity contribution < 1.29 is 18.3 Å². The van der Waals surface area contributed by atoms with Gasteiger partial charge in [-0.05, 0) is 43.7 Å². The van der Waals surface area contributed by atoms with Gasteiger partial charge in [-0.15, -0.1) is 5.10 Å². The molecule has 0 saturated carbocycles. The number of anilines is 2. The quantitative estimate of drug-likeness (QED) is 0.242. The lowest BCUT2D eigenvalue weighted by Gasteiger charge is -2.36. The van der Waals surface area contributed by atoms with Crippen LogP contribution in [0.15, 0.2) is 45.8 Å². The fourth-order valence-corrected chi connectivity index (χ4v) is 6.04. The number of nitrogen functional groups attached to an aromatic ring is 1. The number of piperazine rings is 1. The van der Waals surface area contributed by atoms with Gasteiger partial charge in [0.25, 0.3) is 5.91 Å². The average Bonchev–Trinajstić information content (AvgIpc) is 3.76. The molecule has 1 aliphatic rings. The Morgan fingerprint density at radius 1 is 1.19 bits per heavy atom. The SMILES string of the molecule is CO[C@H](C)CCNC(=O)c1ccc(N2CCN(CCn3c(=O)sc4c3nc(N)n3nc(-c5ccco5)nc43)CC2)c(F)c1. The van der Waals surface area contributed by atoms with E-state index in [1.54, 1.807) is 35.9 Å². The smallest absolute Gasteiger partial charge is 0.309 e. The highest BCUT2D eigenvalue weighted by atomic mass is 32.1. The van der Waals surface area contributed by atoms with Gasteiger partial charge < -0.3 is 25.1 Å². The molecule has 4 aromatic heterocycles. The van der Waals surface area contributed by atoms with Gasteiger partial charge >= 0.3 is 4.87 Å². The molecule has 3 N–H and O–H groups in total. The number of fused-ring (bicyclic) bond motifs is 3. The Morgan fingerprint density at radius 2 is 2.00 bits per heavy atom. The summed E-state index contributed by atoms with van der Waals surface area (Å²) >= 11 is 1.06. The number of halogens is 1. The minimum absolute atomic E-state index is 0.0339. The van der Waals surface area contributed by atoms with Crippen LogP contribution < -0.4 is 20.8 Å². The number of nitrogens with two attached hydrogens (primary N) is 1. The number of methoxy groups -OCH3 is 1. The highest BCUT2D eigenvalue weighted by molar-refractivity contribution is 7.17. The Hall–Kier alpha value is -4.34. The Morgan fingerprint density at radius 3 is 2.72 bits per heavy atom. The molecule has 13 nitrogen and oxygen atoms in total. The van der Waals surface area contributed by atoms with Crippen molar-refractivity contribution in [3.8, 4) is 11.6 Å². The summed E-state index contributed by atoms with van der Waals surface area (Å²) in [5.74, 6) is 0.236. The molecule has 15 heteroatoms. The predicted octanol–water partition coefficient (Wildman–Crippen LogP) is 2.46. The van der Waals surface area contributed by atoms with E-state index in [-0.39, 0.29) is 28.4 Å². The first-order chi connectivity index (χ1) is 20.8. The van der Waals surface area contributed by atoms with Gasteiger partial charge in [0.05, 0.1) is 18.1 Å². The summed E-state index contributed by atoms with van der Waals surface area (Å²) in [5.41, 5.74) is 7.86. The summed E-state index contributed by atoms with van der Waals surface area (Å²) in [6.45, 7) is 6.00. The summed E-state index contributed by atoms with van der Waals surface area (Å²) in [6.07, 6.45) is 2.24. The number of amides is 1. The molecule has 0 unspecified atom stereocenters. The zero-order valence-electron chi connectivity index (χ0n) is 23.8. The number of hydrogen-bond donors (Lipinski definition) is 2. The molecular weight excluding hydrogens is 577 g/mol. The third kappa shape index (κ3) is 5.83. The first-order valence-corrected chi connectivity index (χ1v) is 14.8. The van der Waals surface area contributed by atoms with E-state index in [0.29, 0.717) is 85.5 Å². The molecule has 226 valence electrons. The molecule has 0 spiro atoms. The molecule has 6 rings (SSSR count). The van der Waals surface area contributed by atoms with Gasteiger partial charge in [0, 0.05) is 58.5 Å². The molecule has 1 saturated heterocycles. The van der Waals surface area contributed by atoms with Crippen LogP contribution in [0.1, 0.15) is 23.7 Å². The van der Waals surface area contributed by atoms with Crippen LogP contribution in [0.5, 0.6) is 0 Å². The second-order valence-corrected chi connectivity index (χ2v) is 11.3. The van der Waals surface area contributed by atoms with Crippen molar-refractivity contribution in [2.75, 3.05) is 57.0 Å². The van der Waals surface area contributed by atoms with E-state index in [4.69, 9.17) is 14.9 Å². The van der Waals surface area contributed by atoms with Crippen LogP contribution in [-0.2, 0) is 11.3 Å². The second-order valence-electron chi connectivity index (χ2n) is 10.4. The van der Waals surface area contributed by atoms with Gasteiger partial charge in [0.2, 0.25) is 11.8 Å². The largest absolute Gasteiger partial charge is 0.461 e. The first kappa shape index (κ1) is 28.8. The van der Waals surface area contributed by atoms with E-state index >= 15 is 4.39 Å². The Bertz CT molecular complexity index is 1810. The normalized spacial score (nSPS) is 15.0. The van der Waals surface area contributed by atoms with Crippen LogP contribution in [0, 0.1) is 5.82 Å². The number of carbonyl (C=O) groups is 1. The molecule has 1 fully saturated rings. The van der Waals surface area contributed by atoms with Crippen molar-refractivity contribution in [2.45, 2.75) is 26.0 Å². The predicted molar refractivity (Wildman–Crippen MR) is 161 cm³/mol. The van der Waals surface area contributed by atoms with Gasteiger partial charge in [0.1, 0.15) is 10.5 Å². The topological polar surface area (TPSA) is 149 Å². The third-order valence-corrected chi connectivity index (χ3v) is 8.62. The van der Waals surface area contributed by atoms with Gasteiger partial charge in [-0.1, -0.05) is 11.3 Å². The summed E-state index contributed by atoms with van der Waals surface area (Å²) < 4.78 is 29.2. The van der Waals surface area contributed by atoms with Crippen molar-refractivity contribution in [1.29, 1.82) is 0 Å². The number of hydrogen-bond acceptors (Lipinski definition) is 11. The molecular formula is C28H32FN9O4S. The molecule has 5 heterocycles. The van der Waals surface area contributed by atoms with Gasteiger partial charge in [0.15, 0.2) is 17.1 Å². The highest BCUT2D eigenvalue weighted by Crippen LogP contribution is 2.26. The lowest BCUT2D eigenvalue weighted by atomic mass is 10.1. The van der Waals surface area contributed by atoms with Crippen molar-refractivity contribution in [3.05, 3.63) is 57.6 Å². The number of rotatable bonds is 10. The number of benzene rings is 1. The molecule has 1 atom stereocenters. The number of furan rings is 1. The third-order valence-electron chi connectivity index (χ3n) is 7.66. The Labute approximate surface area is 249 Å². The molecule has 1 aliphatic heterocycles. The van der Waals surface area contributed by atoms with Gasteiger partial charge in [-0.2, -0.15) is 9.50 Å². The van der Waals surface area contributed by atoms with E-state index in [1.807, 2.05) is 11.8 Å². The number of aromatic nitrogens is 5. The first-order valence-electron chi connectivity index (χ1n) is 14.0. The van der Waals surface area contributed by atoms with Crippen LogP contribution in [0.2, 0.25) is 0 Å². The summed E-state index contributed by atoms with van der Waals surface area (Å²) in [6, 6.07) is 8.09. The maximum Gasteiger partial charge on any atom is 0.309 e. The van der Waals surface area contributed by atoms with E-state index in [0.717, 1.165) is 11.3 Å². The van der Waals surface area contributed by atoms with Crippen LogP contribution in [-0.4, -0.2) is 87.4 Å². The van der Waals surface area contributed by atoms with Crippen molar-refractivity contribution in [3.63, 3.8) is 0 Å². The molecule has 0 aliphatic carbocycles. The summed E-state index contributed by atoms with van der Waals surface area (Å²) in [7, 11) is 1.62. The lowest BCUT2D eigenvalue weighted by molar-refractivity contribution is 0.0917. The molecule has 1 amide bonds. The van der Waals surface area contributed by atoms with Gasteiger partial charge in [-0.3, -0.25) is 19.1 Å². The Kier molecular flexibility index (Phi) is 8.10. The summed E-state index contributed by atoms with van der Waals surface area (Å²) in [4.78, 5) is 38.5. The van der Waals surface area contributed by atoms with Crippen LogP contribution in [0.3, 0.4) is 0 Å². The number of nitrogens with zero attached hydrogens (tertiary/aromatic N) is 7. The molecule has 43 heavy (non-hydrogen) atoms. The lowest BCUT2D eigenvalue weighted by Crippen LogP contribution is -2.47. The van der Waals surface area contributed by atoms with E-state index in [9.17, 15) is 9.59 Å². The second kappa shape index (κ2) is 12.1. The molecule has 5 aromatic rings. The minimum atomic E-state index is -0.429. The fourth-order valence-electron chi connectivity index (χ4n) is 5.10. The zero-order valence-corrected chi connectivity index (χ0v) is 24.6. The van der Waals surface area contributed by atoms with Crippen molar-refractivity contribution in [2.24, 2.45) is 0 Å². The maximum absolute atomic E-state index is 15.0. The molecule has 1 aromatic carbocycles. The molecule has 0 bridgehead atoms. The van der Waals surface area contributed by atoms with E-state index < -0.39 is 5.82 Å². The van der Waals surface area contributed by atoms with E-state index in [2.05, 4.69) is 25.3 Å². The number of ether oxygens (including phenoxy) is 1. The summed E-state index contributed by atoms with van der Waals surface area (Å²) in [5, 5.41) is 7.19. The van der Waals surface area contributed by atoms with Crippen molar-refractivity contribution in [1.82, 2.24) is 34.4 Å². The van der Waals surface area contributed by atoms with Gasteiger partial charge in [-0.25, -0.2) is 9.37 Å². The van der Waals surface area contributed by atoms with Crippen LogP contribution in [0.25, 0.3) is 27.6 Å². The monoisotopic (exact) mass is 609 g/mol. The minimum Gasteiger partial charge on any atom is -0.461 e. The zero-order chi connectivity index (χ0) is 30.1. The van der Waals surface area contributed by atoms with Crippen LogP contribution in [0.4, 0.5) is 16.0 Å². The fraction of sp³-hybridized carbons (Fsp3) is 0.393. The number of thiazole rings is 1. The maximum atomic E-state index is 15.0. The number of nitrogens with one attached hydrogen (secondary N) is 1. The van der Waals surface area contributed by atoms with Crippen LogP contribution >= 0.6 is 11.3 Å². The van der Waals surface area contributed by atoms with Crippen molar-refractivity contribution >= 4 is 44.9 Å². The average molecular weight is 610 g/mol. The highest BCUT2D eigenvalue weighted by Gasteiger charge is 2.23. The Balaban J connectivity index is 1.08. The van der Waals surface area contributed by atoms with E-state index in [1.165, 1.54) is 16.8 Å². The molecule has 0 radical (unpaired) electrons. The number of carbonyl (C=O) groups excluding carboxylic acids is 1. The standard InChI is InChI=1S/C28H32FN9O4S/c1-17(41-2)7-8-31-26(39)18-5-6-20(19(29)16-18)36-12-9-35(10-13-36)11-14-37-24-22(43-28(37)40)25-32-23(21-4-3-15-42-21)34-38(25)27(30)33-24/h3-6,15-17H,7-14H2,1-2H3,(H2,30,33)(H,31,39)/t17-/m1/s1.